The molecule has 0 aromatic heterocycles. The number of aliphatic hydroxyl groups excluding tert-OH is 1. The van der Waals surface area contributed by atoms with E-state index >= 15 is 0 Å². The molecule has 0 heterocycles. The van der Waals surface area contributed by atoms with E-state index in [1.165, 1.54) is 135 Å². The van der Waals surface area contributed by atoms with Gasteiger partial charge in [0, 0.05) is 25.7 Å². The van der Waals surface area contributed by atoms with Gasteiger partial charge in [0.15, 0.2) is 12.2 Å². The van der Waals surface area contributed by atoms with Gasteiger partial charge < -0.3 is 33.8 Å². The minimum atomic E-state index is -4.96. The van der Waals surface area contributed by atoms with Gasteiger partial charge in [0.25, 0.3) is 0 Å². The molecule has 0 bridgehead atoms. The third-order valence-corrected chi connectivity index (χ3v) is 18.3. The number of allylic oxidation sites excluding steroid dienone is 4. The average molecular weight is 1340 g/mol. The molecule has 536 valence electrons. The van der Waals surface area contributed by atoms with Gasteiger partial charge in [-0.1, -0.05) is 291 Å². The van der Waals surface area contributed by atoms with Gasteiger partial charge >= 0.3 is 39.5 Å². The maximum absolute atomic E-state index is 13.0. The van der Waals surface area contributed by atoms with Crippen LogP contribution >= 0.6 is 15.6 Å². The summed E-state index contributed by atoms with van der Waals surface area (Å²) in [5.74, 6) is -0.638. The van der Waals surface area contributed by atoms with Crippen LogP contribution in [0.15, 0.2) is 24.3 Å². The van der Waals surface area contributed by atoms with Crippen LogP contribution in [0, 0.1) is 11.8 Å². The van der Waals surface area contributed by atoms with Gasteiger partial charge in [-0.05, 0) is 63.2 Å². The van der Waals surface area contributed by atoms with E-state index < -0.39 is 97.5 Å². The van der Waals surface area contributed by atoms with Crippen LogP contribution in [0.25, 0.3) is 0 Å². The predicted octanol–water partition coefficient (Wildman–Crippen LogP) is 20.3. The molecule has 3 unspecified atom stereocenters. The molecule has 17 nitrogen and oxygen atoms in total. The monoisotopic (exact) mass is 1330 g/mol. The standard InChI is InChI=1S/C72H136O17P2/c1-7-10-12-14-16-18-19-20-22-26-29-32-36-43-49-55-70(75)83-60-67(88-71(76)56-50-44-37-33-30-27-24-21-23-25-28-31-34-40-46-52-64(4)5)62-86-90(78,79)84-58-66(73)59-85-91(80,81)87-63-68(61-82-69(74)54-48-42-35-17-15-13-11-8-2)89-72(77)57-51-45-39-38-41-47-53-65(6)9-3/h18-20,22,64-68,73H,7-17,21,23-63H2,1-6H3,(H,78,79)(H,80,81)/b19-18-,22-20-/t65?,66-,67-,68-/m1/s1. The van der Waals surface area contributed by atoms with E-state index in [-0.39, 0.29) is 25.7 Å². The second kappa shape index (κ2) is 63.6. The number of unbranched alkanes of at least 4 members (excludes halogenated alkanes) is 35. The van der Waals surface area contributed by atoms with Crippen LogP contribution in [0.4, 0.5) is 0 Å². The summed E-state index contributed by atoms with van der Waals surface area (Å²) in [5, 5.41) is 10.6. The Morgan fingerprint density at radius 3 is 0.989 bits per heavy atom. The zero-order valence-corrected chi connectivity index (χ0v) is 60.4. The number of hydrogen-bond acceptors (Lipinski definition) is 15. The van der Waals surface area contributed by atoms with Crippen LogP contribution in [-0.2, 0) is 65.4 Å². The molecular weight excluding hydrogens is 1200 g/mol. The van der Waals surface area contributed by atoms with Gasteiger partial charge in [0.05, 0.1) is 26.4 Å². The fourth-order valence-corrected chi connectivity index (χ4v) is 12.0. The van der Waals surface area contributed by atoms with E-state index in [0.29, 0.717) is 25.7 Å². The summed E-state index contributed by atoms with van der Waals surface area (Å²) in [6, 6.07) is 0. The molecule has 0 saturated heterocycles. The zero-order chi connectivity index (χ0) is 67.2. The van der Waals surface area contributed by atoms with E-state index in [0.717, 1.165) is 127 Å². The van der Waals surface area contributed by atoms with Crippen molar-refractivity contribution in [2.45, 2.75) is 362 Å². The van der Waals surface area contributed by atoms with Crippen molar-refractivity contribution in [1.82, 2.24) is 0 Å². The molecular formula is C72H136O17P2. The molecule has 0 saturated carbocycles. The molecule has 0 aromatic carbocycles. The fraction of sp³-hybridized carbons (Fsp3) is 0.889. The predicted molar refractivity (Wildman–Crippen MR) is 367 cm³/mol. The largest absolute Gasteiger partial charge is 0.472 e. The highest BCUT2D eigenvalue weighted by Gasteiger charge is 2.30. The molecule has 91 heavy (non-hydrogen) atoms. The number of phosphoric ester groups is 2. The number of carbonyl (C=O) groups is 4. The summed E-state index contributed by atoms with van der Waals surface area (Å²) in [7, 11) is -9.91. The van der Waals surface area contributed by atoms with Gasteiger partial charge in [-0.25, -0.2) is 9.13 Å². The summed E-state index contributed by atoms with van der Waals surface area (Å²) in [5.41, 5.74) is 0. The Kier molecular flexibility index (Phi) is 61.9. The van der Waals surface area contributed by atoms with E-state index in [9.17, 15) is 43.2 Å². The molecule has 0 aliphatic carbocycles. The van der Waals surface area contributed by atoms with Crippen LogP contribution in [-0.4, -0.2) is 96.7 Å². The highest BCUT2D eigenvalue weighted by Crippen LogP contribution is 2.45. The van der Waals surface area contributed by atoms with E-state index in [2.05, 4.69) is 65.8 Å². The van der Waals surface area contributed by atoms with Gasteiger partial charge in [-0.2, -0.15) is 0 Å². The Morgan fingerprint density at radius 1 is 0.363 bits per heavy atom. The highest BCUT2D eigenvalue weighted by molar-refractivity contribution is 7.47. The van der Waals surface area contributed by atoms with E-state index in [4.69, 9.17) is 37.0 Å². The number of rotatable bonds is 69. The quantitative estimate of drug-likeness (QED) is 0.0169. The summed E-state index contributed by atoms with van der Waals surface area (Å²) < 4.78 is 68.2. The fourth-order valence-electron chi connectivity index (χ4n) is 10.4. The molecule has 0 radical (unpaired) electrons. The van der Waals surface area contributed by atoms with Crippen molar-refractivity contribution in [3.63, 3.8) is 0 Å². The Hall–Kier alpha value is -2.46. The number of aliphatic hydroxyl groups is 1. The lowest BCUT2D eigenvalue weighted by molar-refractivity contribution is -0.161. The smallest absolute Gasteiger partial charge is 0.462 e. The molecule has 0 aliphatic rings. The molecule has 3 N–H and O–H groups in total. The average Bonchev–Trinajstić information content (AvgIpc) is 2.09. The van der Waals surface area contributed by atoms with Crippen molar-refractivity contribution in [2.75, 3.05) is 39.6 Å². The number of hydrogen-bond donors (Lipinski definition) is 3. The number of esters is 4. The molecule has 0 rings (SSSR count). The van der Waals surface area contributed by atoms with Crippen molar-refractivity contribution in [3.8, 4) is 0 Å². The first-order chi connectivity index (χ1) is 43.9. The van der Waals surface area contributed by atoms with Crippen molar-refractivity contribution in [1.29, 1.82) is 0 Å². The van der Waals surface area contributed by atoms with Gasteiger partial charge in [0.1, 0.15) is 19.3 Å². The van der Waals surface area contributed by atoms with Crippen molar-refractivity contribution < 1.29 is 80.2 Å². The SMILES string of the molecule is CCCCCC/C=C\C=C/CCCCCCCC(=O)OC[C@H](COP(=O)(O)OC[C@@H](O)COP(=O)(O)OC[C@@H](COC(=O)CCCCCCCCCC)OC(=O)CCCCCCCCC(C)CC)OC(=O)CCCCCCCCCCCCCCCCCC(C)C. The molecule has 19 heteroatoms. The zero-order valence-electron chi connectivity index (χ0n) is 58.6. The first-order valence-corrected chi connectivity index (χ1v) is 39.8. The minimum absolute atomic E-state index is 0.100. The normalized spacial score (nSPS) is 14.6. The molecule has 0 spiro atoms. The first-order valence-electron chi connectivity index (χ1n) is 36.8. The number of ether oxygens (including phenoxy) is 4. The Labute approximate surface area is 554 Å². The summed E-state index contributed by atoms with van der Waals surface area (Å²) in [6.45, 7) is 9.44. The Bertz CT molecular complexity index is 1860. The number of phosphoric acid groups is 2. The molecule has 0 fully saturated rings. The van der Waals surface area contributed by atoms with Crippen LogP contribution in [0.5, 0.6) is 0 Å². The summed E-state index contributed by atoms with van der Waals surface area (Å²) in [4.78, 5) is 72.5. The van der Waals surface area contributed by atoms with Crippen molar-refractivity contribution >= 4 is 39.5 Å². The van der Waals surface area contributed by atoms with E-state index in [1.807, 2.05) is 0 Å². The third-order valence-electron chi connectivity index (χ3n) is 16.4. The van der Waals surface area contributed by atoms with Crippen LogP contribution < -0.4 is 0 Å². The van der Waals surface area contributed by atoms with Crippen LogP contribution in [0.1, 0.15) is 343 Å². The molecule has 0 amide bonds. The molecule has 0 aromatic rings. The van der Waals surface area contributed by atoms with Crippen LogP contribution in [0.3, 0.4) is 0 Å². The Balaban J connectivity index is 5.25. The Morgan fingerprint density at radius 2 is 0.648 bits per heavy atom. The maximum Gasteiger partial charge on any atom is 0.472 e. The van der Waals surface area contributed by atoms with Gasteiger partial charge in [-0.3, -0.25) is 37.3 Å². The molecule has 6 atom stereocenters. The second-order valence-electron chi connectivity index (χ2n) is 26.0. The lowest BCUT2D eigenvalue weighted by Gasteiger charge is -2.21. The lowest BCUT2D eigenvalue weighted by atomic mass is 10.00. The third kappa shape index (κ3) is 64.6. The van der Waals surface area contributed by atoms with Gasteiger partial charge in [-0.15, -0.1) is 0 Å². The van der Waals surface area contributed by atoms with Gasteiger partial charge in [0.2, 0.25) is 0 Å². The lowest BCUT2D eigenvalue weighted by Crippen LogP contribution is -2.30. The highest BCUT2D eigenvalue weighted by atomic mass is 31.2. The number of carbonyl (C=O) groups excluding carboxylic acids is 4. The van der Waals surface area contributed by atoms with Crippen molar-refractivity contribution in [3.05, 3.63) is 24.3 Å². The van der Waals surface area contributed by atoms with Crippen LogP contribution in [0.2, 0.25) is 0 Å². The summed E-state index contributed by atoms with van der Waals surface area (Å²) in [6.07, 6.45) is 52.3. The minimum Gasteiger partial charge on any atom is -0.462 e. The summed E-state index contributed by atoms with van der Waals surface area (Å²) >= 11 is 0. The first kappa shape index (κ1) is 88.5. The maximum atomic E-state index is 13.0. The molecule has 0 aliphatic heterocycles. The second-order valence-corrected chi connectivity index (χ2v) is 28.9. The van der Waals surface area contributed by atoms with Crippen molar-refractivity contribution in [2.24, 2.45) is 11.8 Å². The van der Waals surface area contributed by atoms with E-state index in [1.54, 1.807) is 0 Å². The topological polar surface area (TPSA) is 237 Å².